The first-order valence-corrected chi connectivity index (χ1v) is 6.17. The number of aromatic nitrogens is 1. The van der Waals surface area contributed by atoms with Gasteiger partial charge in [0.15, 0.2) is 5.58 Å². The number of hydrogen-bond donors (Lipinski definition) is 1. The summed E-state index contributed by atoms with van der Waals surface area (Å²) in [6.07, 6.45) is 0.502. The van der Waals surface area contributed by atoms with Crippen molar-refractivity contribution in [3.63, 3.8) is 0 Å². The SMILES string of the molecule is CC(CC(=N)c1nc2cc([N+](=O)[O-])ccc2o1)N(C)C. The van der Waals surface area contributed by atoms with Gasteiger partial charge in [0, 0.05) is 24.6 Å². The van der Waals surface area contributed by atoms with E-state index in [1.165, 1.54) is 18.2 Å². The van der Waals surface area contributed by atoms with Gasteiger partial charge in [0.2, 0.25) is 5.89 Å². The van der Waals surface area contributed by atoms with Crippen LogP contribution in [0.5, 0.6) is 0 Å². The Labute approximate surface area is 115 Å². The summed E-state index contributed by atoms with van der Waals surface area (Å²) in [4.78, 5) is 16.4. The Balaban J connectivity index is 2.27. The summed E-state index contributed by atoms with van der Waals surface area (Å²) in [5.41, 5.74) is 1.10. The van der Waals surface area contributed by atoms with Crippen LogP contribution < -0.4 is 0 Å². The molecule has 1 unspecified atom stereocenters. The van der Waals surface area contributed by atoms with Crippen molar-refractivity contribution >= 4 is 22.5 Å². The minimum absolute atomic E-state index is 0.0365. The molecule has 7 nitrogen and oxygen atoms in total. The molecule has 0 saturated carbocycles. The first-order chi connectivity index (χ1) is 9.38. The fraction of sp³-hybridized carbons (Fsp3) is 0.385. The maximum absolute atomic E-state index is 10.7. The quantitative estimate of drug-likeness (QED) is 0.514. The predicted molar refractivity (Wildman–Crippen MR) is 75.3 cm³/mol. The van der Waals surface area contributed by atoms with E-state index in [4.69, 9.17) is 9.83 Å². The number of nitro benzene ring substituents is 1. The highest BCUT2D eigenvalue weighted by molar-refractivity contribution is 5.96. The molecule has 0 bridgehead atoms. The third kappa shape index (κ3) is 2.83. The van der Waals surface area contributed by atoms with E-state index in [-0.39, 0.29) is 23.3 Å². The first kappa shape index (κ1) is 14.1. The van der Waals surface area contributed by atoms with Gasteiger partial charge in [0.1, 0.15) is 5.52 Å². The third-order valence-corrected chi connectivity index (χ3v) is 3.22. The highest BCUT2D eigenvalue weighted by Gasteiger charge is 2.17. The molecule has 0 spiro atoms. The molecule has 2 rings (SSSR count). The van der Waals surface area contributed by atoms with Crippen LogP contribution in [0.3, 0.4) is 0 Å². The van der Waals surface area contributed by atoms with Crippen molar-refractivity contribution in [2.75, 3.05) is 14.1 Å². The summed E-state index contributed by atoms with van der Waals surface area (Å²) in [7, 11) is 3.88. The molecule has 1 aromatic carbocycles. The van der Waals surface area contributed by atoms with E-state index in [1.54, 1.807) is 0 Å². The van der Waals surface area contributed by atoms with Gasteiger partial charge in [-0.05, 0) is 27.1 Å². The van der Waals surface area contributed by atoms with Crippen LogP contribution in [0.25, 0.3) is 11.1 Å². The molecule has 0 aliphatic rings. The van der Waals surface area contributed by atoms with Crippen LogP contribution in [0.1, 0.15) is 19.2 Å². The van der Waals surface area contributed by atoms with Crippen molar-refractivity contribution in [3.05, 3.63) is 34.2 Å². The molecule has 1 atom stereocenters. The number of nitrogens with zero attached hydrogens (tertiary/aromatic N) is 3. The standard InChI is InChI=1S/C13H16N4O3/c1-8(16(2)3)6-10(14)13-15-11-7-9(17(18)19)4-5-12(11)20-13/h4-5,7-8,14H,6H2,1-3H3. The lowest BCUT2D eigenvalue weighted by molar-refractivity contribution is -0.384. The molecule has 1 N–H and O–H groups in total. The number of nitro groups is 1. The normalized spacial score (nSPS) is 12.8. The van der Waals surface area contributed by atoms with Crippen LogP contribution in [0, 0.1) is 15.5 Å². The van der Waals surface area contributed by atoms with Gasteiger partial charge in [-0.1, -0.05) is 0 Å². The molecule has 0 amide bonds. The van der Waals surface area contributed by atoms with Gasteiger partial charge in [-0.25, -0.2) is 4.98 Å². The second-order valence-corrected chi connectivity index (χ2v) is 4.92. The molecule has 106 valence electrons. The summed E-state index contributed by atoms with van der Waals surface area (Å²) < 4.78 is 5.47. The number of hydrogen-bond acceptors (Lipinski definition) is 6. The van der Waals surface area contributed by atoms with E-state index in [9.17, 15) is 10.1 Å². The Bertz CT molecular complexity index is 663. The van der Waals surface area contributed by atoms with Crippen LogP contribution in [0.2, 0.25) is 0 Å². The largest absolute Gasteiger partial charge is 0.435 e. The molecule has 0 aliphatic heterocycles. The third-order valence-electron chi connectivity index (χ3n) is 3.22. The van der Waals surface area contributed by atoms with E-state index in [0.717, 1.165) is 0 Å². The topological polar surface area (TPSA) is 96.3 Å². The Morgan fingerprint density at radius 2 is 2.25 bits per heavy atom. The molecule has 0 saturated heterocycles. The summed E-state index contributed by atoms with van der Waals surface area (Å²) in [6, 6.07) is 4.41. The van der Waals surface area contributed by atoms with Crippen LogP contribution in [-0.2, 0) is 0 Å². The van der Waals surface area contributed by atoms with Gasteiger partial charge in [-0.2, -0.15) is 0 Å². The van der Waals surface area contributed by atoms with E-state index in [2.05, 4.69) is 4.98 Å². The summed E-state index contributed by atoms with van der Waals surface area (Å²) >= 11 is 0. The van der Waals surface area contributed by atoms with Gasteiger partial charge < -0.3 is 9.32 Å². The molecular formula is C13H16N4O3. The lowest BCUT2D eigenvalue weighted by Crippen LogP contribution is -2.27. The fourth-order valence-corrected chi connectivity index (χ4v) is 1.72. The van der Waals surface area contributed by atoms with Crippen molar-refractivity contribution in [1.82, 2.24) is 9.88 Å². The second kappa shape index (κ2) is 5.38. The number of nitrogens with one attached hydrogen (secondary N) is 1. The fourth-order valence-electron chi connectivity index (χ4n) is 1.72. The zero-order valence-corrected chi connectivity index (χ0v) is 11.6. The number of fused-ring (bicyclic) bond motifs is 1. The van der Waals surface area contributed by atoms with Crippen molar-refractivity contribution in [2.45, 2.75) is 19.4 Å². The van der Waals surface area contributed by atoms with Crippen LogP contribution in [-0.4, -0.2) is 40.7 Å². The minimum Gasteiger partial charge on any atom is -0.435 e. The Kier molecular flexibility index (Phi) is 3.80. The van der Waals surface area contributed by atoms with Gasteiger partial charge in [-0.3, -0.25) is 15.5 Å². The predicted octanol–water partition coefficient (Wildman–Crippen LogP) is 2.44. The van der Waals surface area contributed by atoms with Crippen molar-refractivity contribution in [3.8, 4) is 0 Å². The monoisotopic (exact) mass is 276 g/mol. The average molecular weight is 276 g/mol. The minimum atomic E-state index is -0.479. The molecule has 0 aliphatic carbocycles. The molecule has 2 aromatic rings. The molecular weight excluding hydrogens is 260 g/mol. The van der Waals surface area contributed by atoms with Crippen molar-refractivity contribution in [1.29, 1.82) is 5.41 Å². The average Bonchev–Trinajstić information content (AvgIpc) is 2.80. The smallest absolute Gasteiger partial charge is 0.271 e. The Morgan fingerprint density at radius 3 is 2.85 bits per heavy atom. The van der Waals surface area contributed by atoms with E-state index in [1.807, 2.05) is 25.9 Å². The van der Waals surface area contributed by atoms with E-state index < -0.39 is 4.92 Å². The van der Waals surface area contributed by atoms with Crippen LogP contribution >= 0.6 is 0 Å². The zero-order valence-electron chi connectivity index (χ0n) is 11.6. The summed E-state index contributed by atoms with van der Waals surface area (Å²) in [6.45, 7) is 2.00. The lowest BCUT2D eigenvalue weighted by atomic mass is 10.1. The van der Waals surface area contributed by atoms with Gasteiger partial charge in [-0.15, -0.1) is 0 Å². The number of benzene rings is 1. The molecule has 20 heavy (non-hydrogen) atoms. The lowest BCUT2D eigenvalue weighted by Gasteiger charge is -2.18. The highest BCUT2D eigenvalue weighted by Crippen LogP contribution is 2.22. The molecule has 7 heteroatoms. The van der Waals surface area contributed by atoms with Crippen molar-refractivity contribution in [2.24, 2.45) is 0 Å². The molecule has 1 heterocycles. The van der Waals surface area contributed by atoms with E-state index in [0.29, 0.717) is 17.5 Å². The Hall–Kier alpha value is -2.28. The highest BCUT2D eigenvalue weighted by atomic mass is 16.6. The maximum Gasteiger partial charge on any atom is 0.271 e. The number of non-ortho nitro benzene ring substituents is 1. The molecule has 1 aromatic heterocycles. The van der Waals surface area contributed by atoms with Crippen LogP contribution in [0.4, 0.5) is 5.69 Å². The summed E-state index contributed by atoms with van der Waals surface area (Å²) in [5, 5.41) is 18.7. The first-order valence-electron chi connectivity index (χ1n) is 6.17. The molecule has 0 fully saturated rings. The zero-order chi connectivity index (χ0) is 14.9. The van der Waals surface area contributed by atoms with Crippen molar-refractivity contribution < 1.29 is 9.34 Å². The van der Waals surface area contributed by atoms with Gasteiger partial charge in [0.05, 0.1) is 10.6 Å². The maximum atomic E-state index is 10.7. The van der Waals surface area contributed by atoms with Gasteiger partial charge in [0.25, 0.3) is 5.69 Å². The Morgan fingerprint density at radius 1 is 1.55 bits per heavy atom. The number of rotatable bonds is 5. The molecule has 0 radical (unpaired) electrons. The summed E-state index contributed by atoms with van der Waals surface area (Å²) in [5.74, 6) is 0.217. The van der Waals surface area contributed by atoms with Gasteiger partial charge >= 0.3 is 0 Å². The van der Waals surface area contributed by atoms with Crippen LogP contribution in [0.15, 0.2) is 22.6 Å². The van der Waals surface area contributed by atoms with E-state index >= 15 is 0 Å². The number of oxazole rings is 1. The second-order valence-electron chi connectivity index (χ2n) is 4.92.